The normalized spacial score (nSPS) is 19.1. The Morgan fingerprint density at radius 1 is 1.14 bits per heavy atom. The molecule has 0 bridgehead atoms. The van der Waals surface area contributed by atoms with Crippen molar-refractivity contribution in [3.05, 3.63) is 82.1 Å². The van der Waals surface area contributed by atoms with Gasteiger partial charge in [-0.1, -0.05) is 6.92 Å². The van der Waals surface area contributed by atoms with E-state index in [2.05, 4.69) is 10.6 Å². The topological polar surface area (TPSA) is 160 Å². The molecule has 43 heavy (non-hydrogen) atoms. The first-order valence-corrected chi connectivity index (χ1v) is 14.3. The second kappa shape index (κ2) is 9.81. The number of pyridine rings is 2. The van der Waals surface area contributed by atoms with Crippen LogP contribution in [0, 0.1) is 12.7 Å². The van der Waals surface area contributed by atoms with Gasteiger partial charge in [-0.05, 0) is 54.5 Å². The number of esters is 1. The van der Waals surface area contributed by atoms with Gasteiger partial charge in [0, 0.05) is 23.6 Å². The number of aliphatic hydroxyl groups excluding tert-OH is 2. The van der Waals surface area contributed by atoms with Gasteiger partial charge in [0.25, 0.3) is 16.4 Å². The SMILES string of the molecule is CCC1C(=O)OCc2c1cc1n(c2=O)Cc2c-1nc1cc(F)c(C)c3c1c2C(Nc1c(NCC(O)CO)c(=O)c1=O)CC3. The van der Waals surface area contributed by atoms with E-state index >= 15 is 4.39 Å². The van der Waals surface area contributed by atoms with E-state index in [0.717, 1.165) is 22.1 Å². The third kappa shape index (κ3) is 3.89. The summed E-state index contributed by atoms with van der Waals surface area (Å²) in [5.41, 5.74) is 3.76. The van der Waals surface area contributed by atoms with Gasteiger partial charge in [0.1, 0.15) is 23.8 Å². The predicted molar refractivity (Wildman–Crippen MR) is 156 cm³/mol. The van der Waals surface area contributed by atoms with E-state index in [4.69, 9.17) is 14.8 Å². The third-order valence-corrected chi connectivity index (χ3v) is 9.15. The number of nitrogens with one attached hydrogen (secondary N) is 2. The minimum atomic E-state index is -1.12. The fraction of sp³-hybridized carbons (Fsp3) is 0.387. The van der Waals surface area contributed by atoms with E-state index < -0.39 is 41.3 Å². The molecule has 7 rings (SSSR count). The number of anilines is 2. The van der Waals surface area contributed by atoms with Crippen LogP contribution in [-0.2, 0) is 29.1 Å². The van der Waals surface area contributed by atoms with Crippen molar-refractivity contribution < 1.29 is 24.1 Å². The Morgan fingerprint density at radius 3 is 2.65 bits per heavy atom. The largest absolute Gasteiger partial charge is 0.460 e. The first-order valence-electron chi connectivity index (χ1n) is 14.3. The van der Waals surface area contributed by atoms with Crippen LogP contribution in [-0.4, -0.2) is 45.0 Å². The van der Waals surface area contributed by atoms with Crippen LogP contribution in [0.25, 0.3) is 22.3 Å². The molecule has 11 nitrogen and oxygen atoms in total. The molecule has 3 unspecified atom stereocenters. The van der Waals surface area contributed by atoms with Crippen molar-refractivity contribution in [2.24, 2.45) is 0 Å². The van der Waals surface area contributed by atoms with Gasteiger partial charge in [-0.25, -0.2) is 9.37 Å². The molecule has 3 atom stereocenters. The number of aliphatic hydroxyl groups is 2. The number of carbonyl (C=O) groups excluding carboxylic acids is 1. The summed E-state index contributed by atoms with van der Waals surface area (Å²) in [4.78, 5) is 56.2. The fourth-order valence-corrected chi connectivity index (χ4v) is 6.88. The lowest BCUT2D eigenvalue weighted by Gasteiger charge is -2.31. The predicted octanol–water partition coefficient (Wildman–Crippen LogP) is 1.88. The zero-order valence-electron chi connectivity index (χ0n) is 23.5. The highest BCUT2D eigenvalue weighted by molar-refractivity contribution is 5.93. The minimum absolute atomic E-state index is 0.0305. The summed E-state index contributed by atoms with van der Waals surface area (Å²) in [6, 6.07) is 2.73. The Labute approximate surface area is 243 Å². The van der Waals surface area contributed by atoms with Gasteiger partial charge in [0.15, 0.2) is 0 Å². The van der Waals surface area contributed by atoms with E-state index in [0.29, 0.717) is 52.9 Å². The van der Waals surface area contributed by atoms with E-state index in [1.165, 1.54) is 6.07 Å². The first-order chi connectivity index (χ1) is 20.6. The number of benzene rings is 1. The summed E-state index contributed by atoms with van der Waals surface area (Å²) in [6.45, 7) is 3.03. The molecule has 4 aromatic rings. The van der Waals surface area contributed by atoms with Gasteiger partial charge < -0.3 is 30.2 Å². The Morgan fingerprint density at radius 2 is 1.91 bits per heavy atom. The van der Waals surface area contributed by atoms with Crippen molar-refractivity contribution in [3.63, 3.8) is 0 Å². The number of carbonyl (C=O) groups is 1. The molecular formula is C31H29FN4O7. The molecule has 3 aliphatic rings. The number of hydrogen-bond acceptors (Lipinski definition) is 10. The van der Waals surface area contributed by atoms with Gasteiger partial charge in [0.05, 0.1) is 53.7 Å². The van der Waals surface area contributed by atoms with E-state index in [1.807, 2.05) is 13.0 Å². The van der Waals surface area contributed by atoms with Gasteiger partial charge >= 0.3 is 5.97 Å². The maximum atomic E-state index is 15.1. The number of hydrogen-bond donors (Lipinski definition) is 4. The monoisotopic (exact) mass is 588 g/mol. The minimum Gasteiger partial charge on any atom is -0.460 e. The molecule has 0 saturated carbocycles. The van der Waals surface area contributed by atoms with Crippen molar-refractivity contribution in [2.45, 2.75) is 64.3 Å². The van der Waals surface area contributed by atoms with Crippen LogP contribution < -0.4 is 27.1 Å². The second-order valence-electron chi connectivity index (χ2n) is 11.5. The summed E-state index contributed by atoms with van der Waals surface area (Å²) in [7, 11) is 0. The van der Waals surface area contributed by atoms with Crippen molar-refractivity contribution in [1.29, 1.82) is 0 Å². The molecule has 0 spiro atoms. The molecule has 0 fully saturated rings. The summed E-state index contributed by atoms with van der Waals surface area (Å²) in [5, 5.41) is 25.6. The van der Waals surface area contributed by atoms with Crippen LogP contribution in [0.2, 0.25) is 0 Å². The Kier molecular flexibility index (Phi) is 6.26. The van der Waals surface area contributed by atoms with Gasteiger partial charge in [-0.2, -0.15) is 0 Å². The zero-order valence-corrected chi connectivity index (χ0v) is 23.5. The van der Waals surface area contributed by atoms with E-state index in [-0.39, 0.29) is 42.6 Å². The molecule has 0 saturated heterocycles. The molecule has 222 valence electrons. The first kappa shape index (κ1) is 27.4. The molecule has 1 aliphatic carbocycles. The maximum absolute atomic E-state index is 15.1. The standard InChI is InChI=1S/C31H29FN4O7/c1-3-14-16-6-22-25-17(9-36(22)30(41)18(16)11-43-31(14)42)24-20(5-4-15-12(2)19(32)7-21(35-25)23(15)24)34-27-26(28(39)29(27)40)33-8-13(38)10-37/h6-7,13-14,20,33-34,37-38H,3-5,8-11H2,1-2H3. The number of cyclic esters (lactones) is 1. The van der Waals surface area contributed by atoms with Gasteiger partial charge in [0.2, 0.25) is 0 Å². The van der Waals surface area contributed by atoms with Crippen LogP contribution >= 0.6 is 0 Å². The molecule has 2 aliphatic heterocycles. The van der Waals surface area contributed by atoms with Crippen LogP contribution in [0.3, 0.4) is 0 Å². The quantitative estimate of drug-likeness (QED) is 0.163. The lowest BCUT2D eigenvalue weighted by molar-refractivity contribution is -0.148. The molecule has 12 heteroatoms. The molecule has 4 N–H and O–H groups in total. The number of aryl methyl sites for hydroxylation is 1. The van der Waals surface area contributed by atoms with E-state index in [9.17, 15) is 24.3 Å². The highest BCUT2D eigenvalue weighted by Crippen LogP contribution is 2.46. The van der Waals surface area contributed by atoms with Crippen molar-refractivity contribution in [2.75, 3.05) is 23.8 Å². The van der Waals surface area contributed by atoms with Crippen molar-refractivity contribution in [1.82, 2.24) is 9.55 Å². The third-order valence-electron chi connectivity index (χ3n) is 9.15. The second-order valence-corrected chi connectivity index (χ2v) is 11.5. The smallest absolute Gasteiger partial charge is 0.313 e. The molecule has 2 aromatic heterocycles. The number of nitrogens with zero attached hydrogens (tertiary/aromatic N) is 2. The Hall–Kier alpha value is -4.42. The summed E-state index contributed by atoms with van der Waals surface area (Å²) >= 11 is 0. The number of halogens is 1. The maximum Gasteiger partial charge on any atom is 0.313 e. The van der Waals surface area contributed by atoms with Gasteiger partial charge in [-0.15, -0.1) is 0 Å². The fourth-order valence-electron chi connectivity index (χ4n) is 6.88. The zero-order chi connectivity index (χ0) is 30.3. The van der Waals surface area contributed by atoms with Crippen LogP contribution in [0.5, 0.6) is 0 Å². The highest BCUT2D eigenvalue weighted by Gasteiger charge is 2.38. The average Bonchev–Trinajstić information content (AvgIpc) is 3.37. The molecule has 0 amide bonds. The Bertz CT molecular complexity index is 2010. The molecular weight excluding hydrogens is 559 g/mol. The number of fused-ring (bicyclic) bond motifs is 5. The van der Waals surface area contributed by atoms with E-state index in [1.54, 1.807) is 11.5 Å². The van der Waals surface area contributed by atoms with Crippen molar-refractivity contribution in [3.8, 4) is 11.4 Å². The van der Waals surface area contributed by atoms with Gasteiger partial charge in [-0.3, -0.25) is 19.2 Å². The lowest BCUT2D eigenvalue weighted by Crippen LogP contribution is -2.40. The number of aromatic nitrogens is 2. The van der Waals surface area contributed by atoms with Crippen molar-refractivity contribution >= 4 is 28.2 Å². The van der Waals surface area contributed by atoms with Crippen LogP contribution in [0.15, 0.2) is 26.5 Å². The Balaban J connectivity index is 1.40. The molecule has 4 heterocycles. The van der Waals surface area contributed by atoms with Crippen LogP contribution in [0.1, 0.15) is 65.1 Å². The average molecular weight is 589 g/mol. The molecule has 2 aromatic carbocycles. The molecule has 0 radical (unpaired) electrons. The summed E-state index contributed by atoms with van der Waals surface area (Å²) in [5.74, 6) is -1.34. The number of rotatable bonds is 7. The summed E-state index contributed by atoms with van der Waals surface area (Å²) < 4.78 is 22.0. The highest BCUT2D eigenvalue weighted by atomic mass is 19.1. The lowest BCUT2D eigenvalue weighted by atomic mass is 9.81. The van der Waals surface area contributed by atoms with Crippen LogP contribution in [0.4, 0.5) is 15.8 Å². The summed E-state index contributed by atoms with van der Waals surface area (Å²) in [6.07, 6.45) is 0.314. The number of ether oxygens (including phenoxy) is 1.